The van der Waals surface area contributed by atoms with Crippen molar-refractivity contribution in [2.24, 2.45) is 10.9 Å². The van der Waals surface area contributed by atoms with Crippen molar-refractivity contribution in [1.82, 2.24) is 20.2 Å². The standard InChI is InChI=1S/C47H41N5/c1-30-15-9-10-20-34(30)46-50-44(31-16-5-3-6-17-31)49-45(51-46)32-25-26-43(48-29-32)52-41-24-14-12-22-36(41)38-27-37-35-21-11-13-23-39(35)47(2,40(37)28-42(38)52)33-18-7-4-8-19-33/h3-8,11-14,16-30,44-45,49H,9-10,15H2,1-2H3,(H,50,51). The second kappa shape index (κ2) is 12.2. The first-order chi connectivity index (χ1) is 25.6. The SMILES string of the molecule is CC1CCCC=C1C1=NC(c2ccccc2)NC(c2ccc(-n3c4ccccc4c4cc5c(cc43)C(C)(c3ccccc3)c3ccccc3-5)nc2)N1. The lowest BCUT2D eigenvalue weighted by Crippen LogP contribution is -2.46. The molecule has 254 valence electrons. The lowest BCUT2D eigenvalue weighted by Gasteiger charge is -2.34. The van der Waals surface area contributed by atoms with E-state index in [1.165, 1.54) is 62.5 Å². The summed E-state index contributed by atoms with van der Waals surface area (Å²) in [5.41, 5.74) is 12.2. The summed E-state index contributed by atoms with van der Waals surface area (Å²) in [4.78, 5) is 10.4. The molecule has 0 bridgehead atoms. The van der Waals surface area contributed by atoms with Gasteiger partial charge >= 0.3 is 0 Å². The number of hydrogen-bond donors (Lipinski definition) is 2. The molecule has 5 aromatic carbocycles. The van der Waals surface area contributed by atoms with Crippen LogP contribution in [-0.4, -0.2) is 15.4 Å². The first-order valence-corrected chi connectivity index (χ1v) is 18.6. The third kappa shape index (κ3) is 4.80. The molecule has 3 aliphatic rings. The van der Waals surface area contributed by atoms with E-state index in [1.54, 1.807) is 0 Å². The molecule has 4 unspecified atom stereocenters. The number of aliphatic imine (C=N–C) groups is 1. The Morgan fingerprint density at radius 2 is 1.48 bits per heavy atom. The summed E-state index contributed by atoms with van der Waals surface area (Å²) in [7, 11) is 0. The molecule has 0 spiro atoms. The molecule has 0 amide bonds. The van der Waals surface area contributed by atoms with Gasteiger partial charge in [-0.05, 0) is 95.3 Å². The Labute approximate surface area is 304 Å². The van der Waals surface area contributed by atoms with Crippen molar-refractivity contribution < 1.29 is 0 Å². The fourth-order valence-electron chi connectivity index (χ4n) is 9.03. The highest BCUT2D eigenvalue weighted by molar-refractivity contribution is 6.11. The monoisotopic (exact) mass is 675 g/mol. The summed E-state index contributed by atoms with van der Waals surface area (Å²) < 4.78 is 2.35. The lowest BCUT2D eigenvalue weighted by molar-refractivity contribution is 0.404. The van der Waals surface area contributed by atoms with Crippen molar-refractivity contribution >= 4 is 27.6 Å². The van der Waals surface area contributed by atoms with Crippen molar-refractivity contribution in [3.8, 4) is 16.9 Å². The van der Waals surface area contributed by atoms with E-state index in [0.717, 1.165) is 34.7 Å². The summed E-state index contributed by atoms with van der Waals surface area (Å²) in [5, 5.41) is 10.0. The van der Waals surface area contributed by atoms with Gasteiger partial charge in [-0.25, -0.2) is 9.98 Å². The summed E-state index contributed by atoms with van der Waals surface area (Å²) in [6.07, 6.45) is 7.64. The van der Waals surface area contributed by atoms with Gasteiger partial charge in [0, 0.05) is 27.9 Å². The number of allylic oxidation sites excluding steroid dienone is 1. The van der Waals surface area contributed by atoms with Crippen molar-refractivity contribution in [3.63, 3.8) is 0 Å². The Hall–Kier alpha value is -5.78. The van der Waals surface area contributed by atoms with E-state index in [2.05, 4.69) is 169 Å². The number of nitrogens with zero attached hydrogens (tertiary/aromatic N) is 3. The Bertz CT molecular complexity index is 2530. The zero-order chi connectivity index (χ0) is 34.8. The highest BCUT2D eigenvalue weighted by Gasteiger charge is 2.41. The Kier molecular flexibility index (Phi) is 7.26. The second-order valence-corrected chi connectivity index (χ2v) is 14.8. The van der Waals surface area contributed by atoms with Crippen LogP contribution >= 0.6 is 0 Å². The quantitative estimate of drug-likeness (QED) is 0.191. The third-order valence-electron chi connectivity index (χ3n) is 11.8. The van der Waals surface area contributed by atoms with Crippen LogP contribution in [0.3, 0.4) is 0 Å². The molecule has 2 aromatic heterocycles. The first-order valence-electron chi connectivity index (χ1n) is 18.6. The molecular formula is C47H41N5. The molecule has 10 rings (SSSR count). The number of amidine groups is 1. The van der Waals surface area contributed by atoms with E-state index in [9.17, 15) is 0 Å². The summed E-state index contributed by atoms with van der Waals surface area (Å²) in [6, 6.07) is 48.4. The van der Waals surface area contributed by atoms with Crippen LogP contribution in [0.2, 0.25) is 0 Å². The number of nitrogens with one attached hydrogen (secondary N) is 2. The predicted octanol–water partition coefficient (Wildman–Crippen LogP) is 10.5. The van der Waals surface area contributed by atoms with E-state index in [4.69, 9.17) is 9.98 Å². The maximum atomic E-state index is 5.21. The minimum Gasteiger partial charge on any atom is -0.351 e. The van der Waals surface area contributed by atoms with Gasteiger partial charge in [-0.2, -0.15) is 0 Å². The fraction of sp³-hybridized carbons (Fsp3) is 0.191. The Balaban J connectivity index is 1.09. The molecule has 5 heteroatoms. The molecule has 1 aliphatic heterocycles. The number of benzene rings is 5. The maximum Gasteiger partial charge on any atom is 0.137 e. The van der Waals surface area contributed by atoms with Gasteiger partial charge in [-0.3, -0.25) is 9.88 Å². The fourth-order valence-corrected chi connectivity index (χ4v) is 9.03. The van der Waals surface area contributed by atoms with E-state index in [-0.39, 0.29) is 17.7 Å². The number of fused-ring (bicyclic) bond motifs is 6. The van der Waals surface area contributed by atoms with Gasteiger partial charge in [-0.15, -0.1) is 0 Å². The molecular weight excluding hydrogens is 635 g/mol. The second-order valence-electron chi connectivity index (χ2n) is 14.8. The van der Waals surface area contributed by atoms with E-state index in [1.807, 2.05) is 6.20 Å². The van der Waals surface area contributed by atoms with Crippen LogP contribution in [-0.2, 0) is 5.41 Å². The van der Waals surface area contributed by atoms with Gasteiger partial charge in [0.2, 0.25) is 0 Å². The van der Waals surface area contributed by atoms with Crippen LogP contribution in [0.15, 0.2) is 156 Å². The summed E-state index contributed by atoms with van der Waals surface area (Å²) in [5.74, 6) is 2.37. The van der Waals surface area contributed by atoms with Crippen LogP contribution < -0.4 is 10.6 Å². The van der Waals surface area contributed by atoms with E-state index < -0.39 is 0 Å². The van der Waals surface area contributed by atoms with Gasteiger partial charge in [0.15, 0.2) is 0 Å². The average molecular weight is 676 g/mol. The van der Waals surface area contributed by atoms with Gasteiger partial charge in [0.25, 0.3) is 0 Å². The zero-order valence-electron chi connectivity index (χ0n) is 29.6. The minimum absolute atomic E-state index is 0.138. The average Bonchev–Trinajstić information content (AvgIpc) is 3.67. The molecule has 52 heavy (non-hydrogen) atoms. The molecule has 0 fully saturated rings. The van der Waals surface area contributed by atoms with E-state index >= 15 is 0 Å². The third-order valence-corrected chi connectivity index (χ3v) is 11.8. The van der Waals surface area contributed by atoms with Gasteiger partial charge in [-0.1, -0.05) is 122 Å². The molecule has 0 saturated heterocycles. The van der Waals surface area contributed by atoms with Crippen molar-refractivity contribution in [1.29, 1.82) is 0 Å². The number of rotatable bonds is 5. The topological polar surface area (TPSA) is 54.2 Å². The van der Waals surface area contributed by atoms with Crippen LogP contribution in [0.25, 0.3) is 38.8 Å². The van der Waals surface area contributed by atoms with Crippen molar-refractivity contribution in [3.05, 3.63) is 179 Å². The highest BCUT2D eigenvalue weighted by Crippen LogP contribution is 2.54. The smallest absolute Gasteiger partial charge is 0.137 e. The normalized spacial score (nSPS) is 22.4. The van der Waals surface area contributed by atoms with Crippen molar-refractivity contribution in [2.45, 2.75) is 50.9 Å². The number of hydrogen-bond acceptors (Lipinski definition) is 4. The van der Waals surface area contributed by atoms with Gasteiger partial charge in [0.05, 0.1) is 11.0 Å². The Morgan fingerprint density at radius 3 is 2.29 bits per heavy atom. The molecule has 5 nitrogen and oxygen atoms in total. The predicted molar refractivity (Wildman–Crippen MR) is 213 cm³/mol. The number of para-hydroxylation sites is 1. The lowest BCUT2D eigenvalue weighted by atomic mass is 9.74. The first kappa shape index (κ1) is 31.0. The molecule has 7 aromatic rings. The number of aromatic nitrogens is 2. The van der Waals surface area contributed by atoms with Crippen LogP contribution in [0, 0.1) is 5.92 Å². The van der Waals surface area contributed by atoms with Crippen LogP contribution in [0.5, 0.6) is 0 Å². The molecule has 3 heterocycles. The molecule has 2 N–H and O–H groups in total. The Morgan fingerprint density at radius 1 is 0.712 bits per heavy atom. The molecule has 4 atom stereocenters. The van der Waals surface area contributed by atoms with Crippen LogP contribution in [0.4, 0.5) is 0 Å². The van der Waals surface area contributed by atoms with Gasteiger partial charge < -0.3 is 5.32 Å². The molecule has 0 saturated carbocycles. The van der Waals surface area contributed by atoms with Crippen LogP contribution in [0.1, 0.15) is 73.3 Å². The zero-order valence-corrected chi connectivity index (χ0v) is 29.6. The molecule has 0 radical (unpaired) electrons. The minimum atomic E-state index is -0.280. The van der Waals surface area contributed by atoms with E-state index in [0.29, 0.717) is 5.92 Å². The van der Waals surface area contributed by atoms with Gasteiger partial charge in [0.1, 0.15) is 24.0 Å². The summed E-state index contributed by atoms with van der Waals surface area (Å²) >= 11 is 0. The largest absolute Gasteiger partial charge is 0.351 e. The maximum absolute atomic E-state index is 5.21. The van der Waals surface area contributed by atoms with Crippen molar-refractivity contribution in [2.75, 3.05) is 0 Å². The number of pyridine rings is 1. The highest BCUT2D eigenvalue weighted by atomic mass is 15.3. The molecule has 2 aliphatic carbocycles. The summed E-state index contributed by atoms with van der Waals surface area (Å²) in [6.45, 7) is 4.70.